The molecule has 0 bridgehead atoms. The molecule has 0 spiro atoms. The van der Waals surface area contributed by atoms with Gasteiger partial charge in [0.15, 0.2) is 17.8 Å². The number of benzene rings is 1. The standard InChI is InChI=1S/C24H21F2N3O6/c1-2-23(32)12-5-15-19-10(7-29(15)21(30)11(12)8-33-22(23)31)17-13(27)4-3-9-18(17)14(28-19)6-16-20(9)35-24(25,26)34-16/h5-6,13,22,31-32H,2-4,7-8,27H2,1H3/t13-,22?,23+/m1/s1. The lowest BCUT2D eigenvalue weighted by Gasteiger charge is -2.37. The molecule has 3 atom stereocenters. The molecular formula is C24H21F2N3O6. The zero-order valence-corrected chi connectivity index (χ0v) is 18.6. The molecule has 3 aromatic rings. The monoisotopic (exact) mass is 485 g/mol. The summed E-state index contributed by atoms with van der Waals surface area (Å²) >= 11 is 0. The molecule has 4 aliphatic rings. The Hall–Kier alpha value is -3.12. The van der Waals surface area contributed by atoms with Crippen LogP contribution in [0.4, 0.5) is 8.78 Å². The van der Waals surface area contributed by atoms with E-state index in [0.717, 1.165) is 11.1 Å². The minimum absolute atomic E-state index is 0.000288. The summed E-state index contributed by atoms with van der Waals surface area (Å²) in [7, 11) is 0. The van der Waals surface area contributed by atoms with Gasteiger partial charge in [0.25, 0.3) is 5.56 Å². The molecule has 3 aliphatic heterocycles. The third kappa shape index (κ3) is 2.58. The predicted molar refractivity (Wildman–Crippen MR) is 117 cm³/mol. The number of pyridine rings is 2. The van der Waals surface area contributed by atoms with Crippen molar-refractivity contribution in [2.24, 2.45) is 5.73 Å². The van der Waals surface area contributed by atoms with Crippen molar-refractivity contribution in [2.45, 2.75) is 63.6 Å². The SMILES string of the molecule is CC[C@]1(O)c2cc3n(c(=O)c2COC1O)Cc1c-3nc2cc3c(c4c2c1[C@H](N)CC4)OC(F)(F)O3. The van der Waals surface area contributed by atoms with Crippen molar-refractivity contribution in [1.29, 1.82) is 0 Å². The van der Waals surface area contributed by atoms with E-state index in [9.17, 15) is 23.8 Å². The molecule has 35 heavy (non-hydrogen) atoms. The second-order valence-corrected chi connectivity index (χ2v) is 9.50. The number of aryl methyl sites for hydroxylation is 1. The van der Waals surface area contributed by atoms with Gasteiger partial charge in [-0.2, -0.15) is 0 Å². The van der Waals surface area contributed by atoms with Crippen LogP contribution in [0.25, 0.3) is 22.3 Å². The predicted octanol–water partition coefficient (Wildman–Crippen LogP) is 2.14. The van der Waals surface area contributed by atoms with Crippen LogP contribution in [-0.4, -0.2) is 32.3 Å². The van der Waals surface area contributed by atoms with Gasteiger partial charge in [-0.1, -0.05) is 6.92 Å². The lowest BCUT2D eigenvalue weighted by atomic mass is 9.83. The van der Waals surface area contributed by atoms with E-state index in [4.69, 9.17) is 24.9 Å². The first-order valence-electron chi connectivity index (χ1n) is 11.5. The topological polar surface area (TPSA) is 129 Å². The summed E-state index contributed by atoms with van der Waals surface area (Å²) in [6, 6.07) is 2.69. The van der Waals surface area contributed by atoms with E-state index in [1.165, 1.54) is 6.07 Å². The number of ether oxygens (including phenoxy) is 3. The first-order chi connectivity index (χ1) is 16.6. The van der Waals surface area contributed by atoms with Gasteiger partial charge in [-0.05, 0) is 30.9 Å². The van der Waals surface area contributed by atoms with Gasteiger partial charge in [0.1, 0.15) is 5.60 Å². The normalized spacial score (nSPS) is 27.0. The Kier molecular flexibility index (Phi) is 3.96. The highest BCUT2D eigenvalue weighted by Gasteiger charge is 2.47. The van der Waals surface area contributed by atoms with Gasteiger partial charge in [-0.3, -0.25) is 4.79 Å². The lowest BCUT2D eigenvalue weighted by molar-refractivity contribution is -0.286. The van der Waals surface area contributed by atoms with Gasteiger partial charge in [0.05, 0.1) is 30.1 Å². The smallest absolute Gasteiger partial charge is 0.395 e. The third-order valence-electron chi connectivity index (χ3n) is 7.72. The molecule has 0 fully saturated rings. The van der Waals surface area contributed by atoms with E-state index in [-0.39, 0.29) is 48.2 Å². The summed E-state index contributed by atoms with van der Waals surface area (Å²) in [5.74, 6) is -0.0903. The molecule has 0 saturated carbocycles. The van der Waals surface area contributed by atoms with E-state index in [1.807, 2.05) is 0 Å². The molecule has 1 aromatic carbocycles. The van der Waals surface area contributed by atoms with Gasteiger partial charge >= 0.3 is 6.29 Å². The molecular weight excluding hydrogens is 464 g/mol. The largest absolute Gasteiger partial charge is 0.586 e. The maximum absolute atomic E-state index is 13.9. The zero-order valence-electron chi connectivity index (χ0n) is 18.6. The molecule has 5 heterocycles. The number of alkyl halides is 2. The number of nitrogens with two attached hydrogens (primary N) is 1. The lowest BCUT2D eigenvalue weighted by Crippen LogP contribution is -2.47. The van der Waals surface area contributed by atoms with Crippen LogP contribution in [0.1, 0.15) is 53.6 Å². The van der Waals surface area contributed by atoms with Crippen molar-refractivity contribution < 1.29 is 33.2 Å². The minimum Gasteiger partial charge on any atom is -0.395 e. The maximum atomic E-state index is 13.9. The van der Waals surface area contributed by atoms with Crippen LogP contribution in [0, 0.1) is 0 Å². The van der Waals surface area contributed by atoms with Crippen LogP contribution < -0.4 is 20.8 Å². The highest BCUT2D eigenvalue weighted by Crippen LogP contribution is 2.52. The van der Waals surface area contributed by atoms with Crippen molar-refractivity contribution in [1.82, 2.24) is 9.55 Å². The Morgan fingerprint density at radius 1 is 1.26 bits per heavy atom. The Morgan fingerprint density at radius 3 is 2.83 bits per heavy atom. The molecule has 0 saturated heterocycles. The summed E-state index contributed by atoms with van der Waals surface area (Å²) in [5, 5.41) is 22.1. The number of fused-ring (bicyclic) bond motifs is 7. The quantitative estimate of drug-likeness (QED) is 0.374. The van der Waals surface area contributed by atoms with Crippen LogP contribution in [0.2, 0.25) is 0 Å². The first-order valence-corrected chi connectivity index (χ1v) is 11.5. The second kappa shape index (κ2) is 6.55. The van der Waals surface area contributed by atoms with Gasteiger partial charge in [0, 0.05) is 39.7 Å². The molecule has 2 aromatic heterocycles. The number of nitrogens with zero attached hydrogens (tertiary/aromatic N) is 2. The Balaban J connectivity index is 1.53. The highest BCUT2D eigenvalue weighted by atomic mass is 19.3. The van der Waals surface area contributed by atoms with E-state index in [0.29, 0.717) is 46.3 Å². The van der Waals surface area contributed by atoms with Gasteiger partial charge in [-0.25, -0.2) is 4.98 Å². The summed E-state index contributed by atoms with van der Waals surface area (Å²) in [6.45, 7) is 1.75. The summed E-state index contributed by atoms with van der Waals surface area (Å²) in [5.41, 5.74) is 8.42. The highest BCUT2D eigenvalue weighted by molar-refractivity contribution is 5.95. The fourth-order valence-corrected chi connectivity index (χ4v) is 5.98. The number of hydrogen-bond acceptors (Lipinski definition) is 8. The average molecular weight is 485 g/mol. The number of hydrogen-bond donors (Lipinski definition) is 3. The molecule has 0 radical (unpaired) electrons. The summed E-state index contributed by atoms with van der Waals surface area (Å²) < 4.78 is 44.2. The second-order valence-electron chi connectivity index (χ2n) is 9.50. The Labute approximate surface area is 196 Å². The van der Waals surface area contributed by atoms with Crippen LogP contribution in [0.15, 0.2) is 16.9 Å². The number of aliphatic hydroxyl groups is 2. The van der Waals surface area contributed by atoms with E-state index in [2.05, 4.69) is 0 Å². The Bertz CT molecular complexity index is 1540. The number of rotatable bonds is 1. The Morgan fingerprint density at radius 2 is 2.06 bits per heavy atom. The minimum atomic E-state index is -3.76. The van der Waals surface area contributed by atoms with Crippen molar-refractivity contribution in [3.05, 3.63) is 50.3 Å². The zero-order chi connectivity index (χ0) is 24.4. The molecule has 0 amide bonds. The number of halogens is 2. The molecule has 4 N–H and O–H groups in total. The maximum Gasteiger partial charge on any atom is 0.586 e. The fraction of sp³-hybridized carbons (Fsp3) is 0.417. The van der Waals surface area contributed by atoms with Crippen LogP contribution in [-0.2, 0) is 29.9 Å². The van der Waals surface area contributed by atoms with Crippen molar-refractivity contribution in [2.75, 3.05) is 0 Å². The summed E-state index contributed by atoms with van der Waals surface area (Å²) in [4.78, 5) is 18.3. The van der Waals surface area contributed by atoms with Crippen LogP contribution >= 0.6 is 0 Å². The fourth-order valence-electron chi connectivity index (χ4n) is 5.98. The number of aliphatic hydroxyl groups excluding tert-OH is 1. The van der Waals surface area contributed by atoms with Crippen molar-refractivity contribution >= 4 is 10.9 Å². The molecule has 1 unspecified atom stereocenters. The van der Waals surface area contributed by atoms with E-state index in [1.54, 1.807) is 17.6 Å². The van der Waals surface area contributed by atoms with Crippen molar-refractivity contribution in [3.8, 4) is 22.9 Å². The molecule has 1 aliphatic carbocycles. The average Bonchev–Trinajstić information content (AvgIpc) is 3.34. The van der Waals surface area contributed by atoms with Crippen LogP contribution in [0.3, 0.4) is 0 Å². The van der Waals surface area contributed by atoms with Gasteiger partial charge < -0.3 is 34.7 Å². The molecule has 9 nitrogen and oxygen atoms in total. The van der Waals surface area contributed by atoms with Gasteiger partial charge in [0.2, 0.25) is 0 Å². The third-order valence-corrected chi connectivity index (χ3v) is 7.72. The summed E-state index contributed by atoms with van der Waals surface area (Å²) in [6.07, 6.45) is -4.19. The van der Waals surface area contributed by atoms with E-state index >= 15 is 0 Å². The van der Waals surface area contributed by atoms with Crippen LogP contribution in [0.5, 0.6) is 11.5 Å². The molecule has 182 valence electrons. The van der Waals surface area contributed by atoms with Gasteiger partial charge in [-0.15, -0.1) is 8.78 Å². The first kappa shape index (κ1) is 21.2. The molecule has 7 rings (SSSR count). The van der Waals surface area contributed by atoms with E-state index < -0.39 is 18.2 Å². The van der Waals surface area contributed by atoms with Crippen molar-refractivity contribution in [3.63, 3.8) is 0 Å². The number of aromatic nitrogens is 2. The molecule has 11 heteroatoms.